The van der Waals surface area contributed by atoms with E-state index in [9.17, 15) is 14.4 Å². The van der Waals surface area contributed by atoms with Crippen LogP contribution in [-0.4, -0.2) is 40.5 Å². The lowest BCUT2D eigenvalue weighted by atomic mass is 10.1. The van der Waals surface area contributed by atoms with Crippen molar-refractivity contribution in [3.05, 3.63) is 54.4 Å². The molecule has 9 nitrogen and oxygen atoms in total. The standard InChI is InChI=1S/C22H23N5O4/c1-13(20-24-16-6-4-5-7-18(16)26(20)2)23-19(28)12-17-21(29)27(22(30)25-17)14-8-10-15(31-3)11-9-14/h4-11,13,17H,12H2,1-3H3,(H,23,28)(H,25,30)/t13-,17-/m0/s1. The number of amides is 4. The zero-order valence-corrected chi connectivity index (χ0v) is 17.5. The van der Waals surface area contributed by atoms with Gasteiger partial charge in [0.1, 0.15) is 17.6 Å². The molecule has 0 aliphatic carbocycles. The van der Waals surface area contributed by atoms with Crippen LogP contribution in [0.3, 0.4) is 0 Å². The molecule has 0 bridgehead atoms. The molecule has 160 valence electrons. The third-order valence-corrected chi connectivity index (χ3v) is 5.33. The molecule has 1 fully saturated rings. The molecule has 9 heteroatoms. The van der Waals surface area contributed by atoms with Gasteiger partial charge in [-0.05, 0) is 43.3 Å². The Morgan fingerprint density at radius 2 is 1.90 bits per heavy atom. The lowest BCUT2D eigenvalue weighted by Crippen LogP contribution is -2.37. The van der Waals surface area contributed by atoms with Crippen LogP contribution < -0.4 is 20.3 Å². The minimum Gasteiger partial charge on any atom is -0.497 e. The van der Waals surface area contributed by atoms with E-state index in [1.807, 2.05) is 42.8 Å². The topological polar surface area (TPSA) is 106 Å². The first-order valence-electron chi connectivity index (χ1n) is 9.88. The van der Waals surface area contributed by atoms with Crippen LogP contribution in [0.2, 0.25) is 0 Å². The van der Waals surface area contributed by atoms with Crippen molar-refractivity contribution in [2.24, 2.45) is 7.05 Å². The largest absolute Gasteiger partial charge is 0.497 e. The molecule has 0 spiro atoms. The first-order chi connectivity index (χ1) is 14.9. The maximum absolute atomic E-state index is 12.7. The summed E-state index contributed by atoms with van der Waals surface area (Å²) in [4.78, 5) is 43.3. The van der Waals surface area contributed by atoms with E-state index < -0.39 is 18.0 Å². The number of hydrogen-bond donors (Lipinski definition) is 2. The van der Waals surface area contributed by atoms with Crippen LogP contribution in [0.4, 0.5) is 10.5 Å². The van der Waals surface area contributed by atoms with Gasteiger partial charge in [-0.2, -0.15) is 0 Å². The van der Waals surface area contributed by atoms with Crippen molar-refractivity contribution < 1.29 is 19.1 Å². The van der Waals surface area contributed by atoms with Crippen LogP contribution in [0, 0.1) is 0 Å². The fourth-order valence-electron chi connectivity index (χ4n) is 3.75. The molecule has 1 aromatic heterocycles. The number of aromatic nitrogens is 2. The second kappa shape index (κ2) is 8.10. The Hall–Kier alpha value is -3.88. The number of carbonyl (C=O) groups is 3. The Bertz CT molecular complexity index is 1150. The number of nitrogens with one attached hydrogen (secondary N) is 2. The smallest absolute Gasteiger partial charge is 0.329 e. The van der Waals surface area contributed by atoms with Crippen molar-refractivity contribution in [3.8, 4) is 5.75 Å². The molecular formula is C22H23N5O4. The number of para-hydroxylation sites is 2. The van der Waals surface area contributed by atoms with Crippen LogP contribution in [0.1, 0.15) is 25.2 Å². The molecule has 4 amide bonds. The third kappa shape index (κ3) is 3.81. The summed E-state index contributed by atoms with van der Waals surface area (Å²) < 4.78 is 7.02. The van der Waals surface area contributed by atoms with Crippen molar-refractivity contribution in [1.82, 2.24) is 20.2 Å². The second-order valence-electron chi connectivity index (χ2n) is 7.38. The van der Waals surface area contributed by atoms with E-state index in [4.69, 9.17) is 4.74 Å². The Morgan fingerprint density at radius 3 is 2.58 bits per heavy atom. The summed E-state index contributed by atoms with van der Waals surface area (Å²) in [6.07, 6.45) is -0.161. The van der Waals surface area contributed by atoms with Crippen LogP contribution in [-0.2, 0) is 16.6 Å². The fraction of sp³-hybridized carbons (Fsp3) is 0.273. The molecule has 4 rings (SSSR count). The van der Waals surface area contributed by atoms with Gasteiger partial charge >= 0.3 is 6.03 Å². The summed E-state index contributed by atoms with van der Waals surface area (Å²) in [5.74, 6) is 0.495. The minimum absolute atomic E-state index is 0.161. The first-order valence-corrected chi connectivity index (χ1v) is 9.88. The van der Waals surface area contributed by atoms with Gasteiger partial charge in [0.2, 0.25) is 5.91 Å². The average molecular weight is 421 g/mol. The number of nitrogens with zero attached hydrogens (tertiary/aromatic N) is 3. The van der Waals surface area contributed by atoms with Crippen molar-refractivity contribution >= 4 is 34.6 Å². The van der Waals surface area contributed by atoms with Crippen LogP contribution in [0.5, 0.6) is 5.75 Å². The average Bonchev–Trinajstić information content (AvgIpc) is 3.24. The molecule has 2 aromatic carbocycles. The molecule has 1 aliphatic rings. The number of ether oxygens (including phenoxy) is 1. The number of fused-ring (bicyclic) bond motifs is 1. The summed E-state index contributed by atoms with van der Waals surface area (Å²) in [5, 5.41) is 5.45. The summed E-state index contributed by atoms with van der Waals surface area (Å²) >= 11 is 0. The maximum Gasteiger partial charge on any atom is 0.329 e. The molecule has 2 atom stereocenters. The van der Waals surface area contributed by atoms with Crippen LogP contribution >= 0.6 is 0 Å². The van der Waals surface area contributed by atoms with Gasteiger partial charge in [-0.25, -0.2) is 14.7 Å². The van der Waals surface area contributed by atoms with E-state index in [1.54, 1.807) is 24.3 Å². The molecule has 0 radical (unpaired) electrons. The maximum atomic E-state index is 12.7. The molecule has 1 saturated heterocycles. The summed E-state index contributed by atoms with van der Waals surface area (Å²) in [5.41, 5.74) is 2.22. The Morgan fingerprint density at radius 1 is 1.19 bits per heavy atom. The fourth-order valence-corrected chi connectivity index (χ4v) is 3.75. The van der Waals surface area contributed by atoms with Gasteiger partial charge in [-0.15, -0.1) is 0 Å². The number of hydrogen-bond acceptors (Lipinski definition) is 5. The summed E-state index contributed by atoms with van der Waals surface area (Å²) in [6, 6.07) is 12.4. The zero-order chi connectivity index (χ0) is 22.1. The summed E-state index contributed by atoms with van der Waals surface area (Å²) in [6.45, 7) is 1.83. The predicted molar refractivity (Wildman–Crippen MR) is 115 cm³/mol. The van der Waals surface area contributed by atoms with Crippen LogP contribution in [0.15, 0.2) is 48.5 Å². The van der Waals surface area contributed by atoms with E-state index in [0.29, 0.717) is 17.3 Å². The van der Waals surface area contributed by atoms with Crippen LogP contribution in [0.25, 0.3) is 11.0 Å². The van der Waals surface area contributed by atoms with Crippen molar-refractivity contribution in [2.75, 3.05) is 12.0 Å². The van der Waals surface area contributed by atoms with Crippen molar-refractivity contribution in [3.63, 3.8) is 0 Å². The number of methoxy groups -OCH3 is 1. The monoisotopic (exact) mass is 421 g/mol. The van der Waals surface area contributed by atoms with Gasteiger partial charge in [0.15, 0.2) is 0 Å². The SMILES string of the molecule is COc1ccc(N2C(=O)N[C@@H](CC(=O)N[C@@H](C)c3nc4ccccc4n3C)C2=O)cc1. The molecule has 2 N–H and O–H groups in total. The number of aryl methyl sites for hydroxylation is 1. The van der Waals surface area contributed by atoms with E-state index in [1.165, 1.54) is 7.11 Å². The molecule has 1 aliphatic heterocycles. The second-order valence-corrected chi connectivity index (χ2v) is 7.38. The third-order valence-electron chi connectivity index (χ3n) is 5.33. The number of urea groups is 1. The van der Waals surface area contributed by atoms with E-state index in [-0.39, 0.29) is 18.4 Å². The molecule has 3 aromatic rings. The van der Waals surface area contributed by atoms with E-state index >= 15 is 0 Å². The molecule has 0 unspecified atom stereocenters. The highest BCUT2D eigenvalue weighted by atomic mass is 16.5. The van der Waals surface area contributed by atoms with Gasteiger partial charge in [0.25, 0.3) is 5.91 Å². The van der Waals surface area contributed by atoms with Gasteiger partial charge < -0.3 is 19.9 Å². The number of imidazole rings is 1. The van der Waals surface area contributed by atoms with Crippen molar-refractivity contribution in [2.45, 2.75) is 25.4 Å². The minimum atomic E-state index is -0.928. The number of anilines is 1. The number of carbonyl (C=O) groups excluding carboxylic acids is 3. The van der Waals surface area contributed by atoms with E-state index in [2.05, 4.69) is 15.6 Å². The number of imide groups is 1. The van der Waals surface area contributed by atoms with E-state index in [0.717, 1.165) is 15.9 Å². The van der Waals surface area contributed by atoms with Gasteiger partial charge in [0.05, 0.1) is 36.3 Å². The molecule has 31 heavy (non-hydrogen) atoms. The first kappa shape index (κ1) is 20.4. The zero-order valence-electron chi connectivity index (χ0n) is 17.5. The number of benzene rings is 2. The summed E-state index contributed by atoms with van der Waals surface area (Å²) in [7, 11) is 3.42. The number of rotatable bonds is 6. The Balaban J connectivity index is 1.42. The Labute approximate surface area is 179 Å². The lowest BCUT2D eigenvalue weighted by Gasteiger charge is -2.16. The van der Waals surface area contributed by atoms with Gasteiger partial charge in [0, 0.05) is 7.05 Å². The van der Waals surface area contributed by atoms with Gasteiger partial charge in [-0.3, -0.25) is 9.59 Å². The van der Waals surface area contributed by atoms with Crippen molar-refractivity contribution in [1.29, 1.82) is 0 Å². The lowest BCUT2D eigenvalue weighted by molar-refractivity contribution is -0.126. The normalized spacial score (nSPS) is 17.0. The van der Waals surface area contributed by atoms with Gasteiger partial charge in [-0.1, -0.05) is 12.1 Å². The quantitative estimate of drug-likeness (QED) is 0.594. The Kier molecular flexibility index (Phi) is 5.33. The molecule has 2 heterocycles. The highest BCUT2D eigenvalue weighted by molar-refractivity contribution is 6.22. The molecule has 0 saturated carbocycles. The molecular weight excluding hydrogens is 398 g/mol. The predicted octanol–water partition coefficient (Wildman–Crippen LogP) is 2.27. The highest BCUT2D eigenvalue weighted by Crippen LogP contribution is 2.24. The highest BCUT2D eigenvalue weighted by Gasteiger charge is 2.40.